The summed E-state index contributed by atoms with van der Waals surface area (Å²) in [7, 11) is -2.09. The van der Waals surface area contributed by atoms with Crippen molar-refractivity contribution in [2.24, 2.45) is 0 Å². The fourth-order valence-electron chi connectivity index (χ4n) is 3.46. The lowest BCUT2D eigenvalue weighted by Crippen LogP contribution is -2.39. The lowest BCUT2D eigenvalue weighted by atomic mass is 9.92. The summed E-state index contributed by atoms with van der Waals surface area (Å²) >= 11 is 12.1. The smallest absolute Gasteiger partial charge is 0.326 e. The number of methoxy groups -OCH3 is 1. The van der Waals surface area contributed by atoms with E-state index in [-0.39, 0.29) is 10.8 Å². The van der Waals surface area contributed by atoms with Gasteiger partial charge < -0.3 is 14.7 Å². The van der Waals surface area contributed by atoms with Gasteiger partial charge in [0.05, 0.1) is 22.1 Å². The van der Waals surface area contributed by atoms with Crippen molar-refractivity contribution in [2.75, 3.05) is 24.8 Å². The van der Waals surface area contributed by atoms with Crippen LogP contribution in [0.2, 0.25) is 10.0 Å². The molecule has 0 radical (unpaired) electrons. The molecule has 0 bridgehead atoms. The number of rotatable bonds is 5. The van der Waals surface area contributed by atoms with Crippen LogP contribution in [-0.4, -0.2) is 50.4 Å². The number of halogens is 2. The van der Waals surface area contributed by atoms with Gasteiger partial charge in [-0.05, 0) is 30.7 Å². The highest BCUT2D eigenvalue weighted by atomic mass is 35.5. The van der Waals surface area contributed by atoms with Crippen LogP contribution in [0.4, 0.5) is 5.69 Å². The minimum absolute atomic E-state index is 0.0143. The maximum Gasteiger partial charge on any atom is 0.326 e. The number of carboxylic acids is 1. The first-order valence-corrected chi connectivity index (χ1v) is 11.0. The number of hydrogen-bond donors (Lipinski definition) is 1. The number of ether oxygens (including phenoxy) is 1. The van der Waals surface area contributed by atoms with Gasteiger partial charge in [-0.1, -0.05) is 23.2 Å². The molecule has 1 saturated heterocycles. The third-order valence-electron chi connectivity index (χ3n) is 4.76. The monoisotopic (exact) mass is 444 g/mol. The number of nitrogens with zero attached hydrogens (tertiary/aromatic N) is 2. The maximum absolute atomic E-state index is 12.1. The van der Waals surface area contributed by atoms with E-state index in [1.54, 1.807) is 23.1 Å². The van der Waals surface area contributed by atoms with Crippen LogP contribution in [0.15, 0.2) is 35.4 Å². The normalized spacial score (nSPS) is 19.6. The summed E-state index contributed by atoms with van der Waals surface area (Å²) in [6.07, 6.45) is 2.76. The van der Waals surface area contributed by atoms with E-state index in [1.807, 2.05) is 0 Å². The lowest BCUT2D eigenvalue weighted by molar-refractivity contribution is -0.138. The molecule has 2 atom stereocenters. The van der Waals surface area contributed by atoms with E-state index in [0.29, 0.717) is 34.3 Å². The molecule has 3 rings (SSSR count). The number of carboxylic acid groups (broad SMARTS) is 1. The predicted octanol–water partition coefficient (Wildman–Crippen LogP) is 3.25. The number of sulfone groups is 1. The molecule has 1 aliphatic rings. The number of carbonyl (C=O) groups is 1. The van der Waals surface area contributed by atoms with Crippen LogP contribution < -0.4 is 9.64 Å². The Labute approximate surface area is 172 Å². The first kappa shape index (κ1) is 20.7. The number of pyridine rings is 1. The highest BCUT2D eigenvalue weighted by molar-refractivity contribution is 7.90. The fourth-order valence-corrected chi connectivity index (χ4v) is 4.34. The van der Waals surface area contributed by atoms with Crippen LogP contribution in [0.25, 0.3) is 0 Å². The molecule has 1 aromatic heterocycles. The van der Waals surface area contributed by atoms with E-state index in [4.69, 9.17) is 27.9 Å². The first-order chi connectivity index (χ1) is 13.1. The Morgan fingerprint density at radius 1 is 1.29 bits per heavy atom. The van der Waals surface area contributed by atoms with Crippen LogP contribution in [0.1, 0.15) is 17.9 Å². The Kier molecular flexibility index (Phi) is 5.74. The van der Waals surface area contributed by atoms with Crippen molar-refractivity contribution >= 4 is 44.7 Å². The summed E-state index contributed by atoms with van der Waals surface area (Å²) in [5.74, 6) is -1.35. The highest BCUT2D eigenvalue weighted by Crippen LogP contribution is 2.41. The van der Waals surface area contributed by atoms with Gasteiger partial charge in [0.2, 0.25) is 5.88 Å². The SMILES string of the molecule is COc1ncc(S(C)(=O)=O)cc1C1CCN(c2ccc(Cl)c(Cl)c2)[C@@H]1C(=O)O. The van der Waals surface area contributed by atoms with Crippen molar-refractivity contribution in [1.29, 1.82) is 0 Å². The Morgan fingerprint density at radius 2 is 2.00 bits per heavy atom. The summed E-state index contributed by atoms with van der Waals surface area (Å²) < 4.78 is 29.1. The van der Waals surface area contributed by atoms with E-state index >= 15 is 0 Å². The maximum atomic E-state index is 12.1. The third kappa shape index (κ3) is 3.90. The van der Waals surface area contributed by atoms with E-state index in [9.17, 15) is 18.3 Å². The molecule has 2 aromatic rings. The second-order valence-corrected chi connectivity index (χ2v) is 9.34. The molecule has 0 amide bonds. The molecule has 1 aliphatic heterocycles. The Bertz CT molecular complexity index is 1030. The molecule has 2 heterocycles. The van der Waals surface area contributed by atoms with Crippen LogP contribution >= 0.6 is 23.2 Å². The van der Waals surface area contributed by atoms with Crippen LogP contribution in [0.5, 0.6) is 5.88 Å². The summed E-state index contributed by atoms with van der Waals surface area (Å²) in [5, 5.41) is 10.6. The summed E-state index contributed by atoms with van der Waals surface area (Å²) in [5.41, 5.74) is 1.07. The number of hydrogen-bond acceptors (Lipinski definition) is 6. The molecular formula is C18H18Cl2N2O5S. The summed E-state index contributed by atoms with van der Waals surface area (Å²) in [6, 6.07) is 5.43. The van der Waals surface area contributed by atoms with Gasteiger partial charge >= 0.3 is 5.97 Å². The van der Waals surface area contributed by atoms with Gasteiger partial charge in [-0.2, -0.15) is 0 Å². The van der Waals surface area contributed by atoms with Gasteiger partial charge in [-0.3, -0.25) is 0 Å². The largest absolute Gasteiger partial charge is 0.481 e. The molecule has 0 aliphatic carbocycles. The zero-order chi connectivity index (χ0) is 20.6. The molecule has 1 N–H and O–H groups in total. The molecular weight excluding hydrogens is 427 g/mol. The summed E-state index contributed by atoms with van der Waals surface area (Å²) in [6.45, 7) is 0.436. The number of anilines is 1. The average molecular weight is 445 g/mol. The lowest BCUT2D eigenvalue weighted by Gasteiger charge is -2.27. The first-order valence-electron chi connectivity index (χ1n) is 8.32. The van der Waals surface area contributed by atoms with Crippen LogP contribution in [-0.2, 0) is 14.6 Å². The van der Waals surface area contributed by atoms with Crippen molar-refractivity contribution in [3.63, 3.8) is 0 Å². The molecule has 0 saturated carbocycles. The van der Waals surface area contributed by atoms with E-state index < -0.39 is 27.8 Å². The van der Waals surface area contributed by atoms with Gasteiger partial charge in [0, 0.05) is 36.2 Å². The molecule has 28 heavy (non-hydrogen) atoms. The van der Waals surface area contributed by atoms with Crippen molar-refractivity contribution in [3.8, 4) is 5.88 Å². The Morgan fingerprint density at radius 3 is 2.57 bits per heavy atom. The second-order valence-electron chi connectivity index (χ2n) is 6.51. The Hall–Kier alpha value is -2.03. The van der Waals surface area contributed by atoms with Gasteiger partial charge in [-0.15, -0.1) is 0 Å². The molecule has 150 valence electrons. The zero-order valence-electron chi connectivity index (χ0n) is 15.1. The summed E-state index contributed by atoms with van der Waals surface area (Å²) in [4.78, 5) is 17.9. The highest BCUT2D eigenvalue weighted by Gasteiger charge is 2.42. The molecule has 0 spiro atoms. The second kappa shape index (κ2) is 7.77. The number of benzene rings is 1. The average Bonchev–Trinajstić information content (AvgIpc) is 3.07. The molecule has 1 fully saturated rings. The number of aliphatic carboxylic acids is 1. The van der Waals surface area contributed by atoms with Crippen LogP contribution in [0.3, 0.4) is 0 Å². The van der Waals surface area contributed by atoms with Gasteiger partial charge in [0.1, 0.15) is 6.04 Å². The van der Waals surface area contributed by atoms with Crippen molar-refractivity contribution in [2.45, 2.75) is 23.3 Å². The molecule has 1 aromatic carbocycles. The minimum Gasteiger partial charge on any atom is -0.481 e. The zero-order valence-corrected chi connectivity index (χ0v) is 17.4. The van der Waals surface area contributed by atoms with Gasteiger partial charge in [-0.25, -0.2) is 18.2 Å². The molecule has 7 nitrogen and oxygen atoms in total. The third-order valence-corrected chi connectivity index (χ3v) is 6.58. The Balaban J connectivity index is 2.07. The molecule has 1 unspecified atom stereocenters. The van der Waals surface area contributed by atoms with Crippen molar-refractivity contribution < 1.29 is 23.1 Å². The topological polar surface area (TPSA) is 96.8 Å². The van der Waals surface area contributed by atoms with Crippen molar-refractivity contribution in [3.05, 3.63) is 46.1 Å². The number of aromatic nitrogens is 1. The van der Waals surface area contributed by atoms with Crippen LogP contribution in [0, 0.1) is 0 Å². The van der Waals surface area contributed by atoms with E-state index in [0.717, 1.165) is 6.26 Å². The van der Waals surface area contributed by atoms with Crippen molar-refractivity contribution in [1.82, 2.24) is 4.98 Å². The minimum atomic E-state index is -3.50. The van der Waals surface area contributed by atoms with E-state index in [2.05, 4.69) is 4.98 Å². The van der Waals surface area contributed by atoms with E-state index in [1.165, 1.54) is 19.4 Å². The predicted molar refractivity (Wildman–Crippen MR) is 106 cm³/mol. The molecule has 10 heteroatoms. The van der Waals surface area contributed by atoms with Gasteiger partial charge in [0.25, 0.3) is 0 Å². The quantitative estimate of drug-likeness (QED) is 0.755. The van der Waals surface area contributed by atoms with Gasteiger partial charge in [0.15, 0.2) is 9.84 Å². The standard InChI is InChI=1S/C18H18Cl2N2O5S/c1-27-17-13(8-11(9-21-17)28(2,25)26)12-5-6-22(16(12)18(23)24)10-3-4-14(19)15(20)7-10/h3-4,7-9,12,16H,5-6H2,1-2H3,(H,23,24)/t12?,16-/m0/s1. The fraction of sp³-hybridized carbons (Fsp3) is 0.333.